The summed E-state index contributed by atoms with van der Waals surface area (Å²) < 4.78 is 0. The Morgan fingerprint density at radius 3 is 2.17 bits per heavy atom. The Morgan fingerprint density at radius 1 is 0.889 bits per heavy atom. The summed E-state index contributed by atoms with van der Waals surface area (Å²) in [4.78, 5) is 5.36. The van der Waals surface area contributed by atoms with Gasteiger partial charge in [-0.3, -0.25) is 0 Å². The fourth-order valence-corrected chi connectivity index (χ4v) is 2.09. The van der Waals surface area contributed by atoms with Gasteiger partial charge in [0.25, 0.3) is 0 Å². The van der Waals surface area contributed by atoms with Crippen LogP contribution in [-0.4, -0.2) is 16.9 Å². The third-order valence-corrected chi connectivity index (χ3v) is 3.03. The standard InChI is InChI=1S/C15H13NO2/c17-14-13(11-7-3-1-4-8-11)16-18-15(14)12-9-5-2-6-10-12/h1-10,14-15,17H/t14-,15-/m0/s1. The van der Waals surface area contributed by atoms with Crippen LogP contribution in [0.15, 0.2) is 65.8 Å². The van der Waals surface area contributed by atoms with Crippen molar-refractivity contribution in [2.24, 2.45) is 5.16 Å². The number of aliphatic hydroxyl groups is 1. The minimum Gasteiger partial charge on any atom is -0.384 e. The van der Waals surface area contributed by atoms with E-state index in [-0.39, 0.29) is 0 Å². The molecule has 2 aromatic carbocycles. The summed E-state index contributed by atoms with van der Waals surface area (Å²) in [7, 11) is 0. The maximum Gasteiger partial charge on any atom is 0.184 e. The lowest BCUT2D eigenvalue weighted by Crippen LogP contribution is -2.23. The minimum atomic E-state index is -0.727. The molecule has 2 aromatic rings. The van der Waals surface area contributed by atoms with E-state index in [1.807, 2.05) is 60.7 Å². The maximum atomic E-state index is 10.3. The van der Waals surface area contributed by atoms with Crippen molar-refractivity contribution in [2.45, 2.75) is 12.2 Å². The van der Waals surface area contributed by atoms with Gasteiger partial charge in [0, 0.05) is 5.56 Å². The van der Waals surface area contributed by atoms with Crippen LogP contribution in [0.25, 0.3) is 0 Å². The first-order valence-corrected chi connectivity index (χ1v) is 5.88. The Morgan fingerprint density at radius 2 is 1.50 bits per heavy atom. The van der Waals surface area contributed by atoms with Crippen LogP contribution in [0.5, 0.6) is 0 Å². The van der Waals surface area contributed by atoms with Gasteiger partial charge in [0.05, 0.1) is 0 Å². The van der Waals surface area contributed by atoms with E-state index < -0.39 is 12.2 Å². The van der Waals surface area contributed by atoms with Gasteiger partial charge in [-0.2, -0.15) is 0 Å². The predicted octanol–water partition coefficient (Wildman–Crippen LogP) is 2.52. The third kappa shape index (κ3) is 1.89. The molecular formula is C15H13NO2. The highest BCUT2D eigenvalue weighted by atomic mass is 16.7. The zero-order valence-corrected chi connectivity index (χ0v) is 9.73. The summed E-state index contributed by atoms with van der Waals surface area (Å²) in [6, 6.07) is 19.2. The lowest BCUT2D eigenvalue weighted by Gasteiger charge is -2.13. The van der Waals surface area contributed by atoms with E-state index in [1.165, 1.54) is 0 Å². The molecule has 1 aliphatic rings. The predicted molar refractivity (Wildman–Crippen MR) is 69.3 cm³/mol. The van der Waals surface area contributed by atoms with E-state index in [4.69, 9.17) is 4.84 Å². The fourth-order valence-electron chi connectivity index (χ4n) is 2.09. The van der Waals surface area contributed by atoms with E-state index in [9.17, 15) is 5.11 Å². The van der Waals surface area contributed by atoms with Crippen LogP contribution in [0.3, 0.4) is 0 Å². The van der Waals surface area contributed by atoms with Crippen molar-refractivity contribution in [3.63, 3.8) is 0 Å². The van der Waals surface area contributed by atoms with E-state index in [0.29, 0.717) is 5.71 Å². The Hall–Kier alpha value is -2.13. The van der Waals surface area contributed by atoms with Gasteiger partial charge >= 0.3 is 0 Å². The number of hydrogen-bond donors (Lipinski definition) is 1. The van der Waals surface area contributed by atoms with Crippen molar-refractivity contribution in [3.05, 3.63) is 71.8 Å². The van der Waals surface area contributed by atoms with Gasteiger partial charge in [0.1, 0.15) is 11.8 Å². The molecule has 3 heteroatoms. The molecule has 0 bridgehead atoms. The number of rotatable bonds is 2. The van der Waals surface area contributed by atoms with E-state index in [2.05, 4.69) is 5.16 Å². The molecule has 18 heavy (non-hydrogen) atoms. The molecule has 2 atom stereocenters. The highest BCUT2D eigenvalue weighted by molar-refractivity contribution is 6.04. The smallest absolute Gasteiger partial charge is 0.184 e. The SMILES string of the molecule is O[C@H]1C(c2ccccc2)=NO[C@H]1c1ccccc1. The summed E-state index contributed by atoms with van der Waals surface area (Å²) in [5, 5.41) is 14.3. The van der Waals surface area contributed by atoms with Gasteiger partial charge in [0.15, 0.2) is 6.10 Å². The molecule has 1 N–H and O–H groups in total. The van der Waals surface area contributed by atoms with Gasteiger partial charge in [-0.05, 0) is 5.56 Å². The summed E-state index contributed by atoms with van der Waals surface area (Å²) >= 11 is 0. The minimum absolute atomic E-state index is 0.415. The Labute approximate surface area is 105 Å². The van der Waals surface area contributed by atoms with E-state index in [0.717, 1.165) is 11.1 Å². The van der Waals surface area contributed by atoms with E-state index in [1.54, 1.807) is 0 Å². The highest BCUT2D eigenvalue weighted by Crippen LogP contribution is 2.29. The molecule has 0 aromatic heterocycles. The Balaban J connectivity index is 1.87. The van der Waals surface area contributed by atoms with Crippen LogP contribution >= 0.6 is 0 Å². The highest BCUT2D eigenvalue weighted by Gasteiger charge is 2.34. The average Bonchev–Trinajstić information content (AvgIpc) is 2.83. The van der Waals surface area contributed by atoms with E-state index >= 15 is 0 Å². The maximum absolute atomic E-state index is 10.3. The monoisotopic (exact) mass is 239 g/mol. The normalized spacial score (nSPS) is 22.4. The van der Waals surface area contributed by atoms with Crippen LogP contribution in [-0.2, 0) is 4.84 Å². The molecule has 0 saturated heterocycles. The van der Waals surface area contributed by atoms with Crippen molar-refractivity contribution in [1.29, 1.82) is 0 Å². The van der Waals surface area contributed by atoms with Crippen LogP contribution in [0, 0.1) is 0 Å². The largest absolute Gasteiger partial charge is 0.384 e. The van der Waals surface area contributed by atoms with Crippen LogP contribution < -0.4 is 0 Å². The molecule has 0 spiro atoms. The summed E-state index contributed by atoms with van der Waals surface area (Å²) in [6.45, 7) is 0. The first kappa shape index (κ1) is 11.0. The van der Waals surface area contributed by atoms with Gasteiger partial charge in [0.2, 0.25) is 0 Å². The fraction of sp³-hybridized carbons (Fsp3) is 0.133. The lowest BCUT2D eigenvalue weighted by atomic mass is 9.97. The number of aliphatic hydroxyl groups excluding tert-OH is 1. The van der Waals surface area contributed by atoms with Crippen LogP contribution in [0.1, 0.15) is 17.2 Å². The second-order valence-corrected chi connectivity index (χ2v) is 4.22. The number of hydrogen-bond acceptors (Lipinski definition) is 3. The zero-order chi connectivity index (χ0) is 12.4. The molecule has 0 saturated carbocycles. The zero-order valence-electron chi connectivity index (χ0n) is 9.73. The lowest BCUT2D eigenvalue weighted by molar-refractivity contribution is 0.0206. The molecule has 1 aliphatic heterocycles. The summed E-state index contributed by atoms with van der Waals surface area (Å²) in [5.74, 6) is 0. The van der Waals surface area contributed by atoms with Crippen LogP contribution in [0.2, 0.25) is 0 Å². The molecular weight excluding hydrogens is 226 g/mol. The first-order chi connectivity index (χ1) is 8.86. The van der Waals surface area contributed by atoms with Gasteiger partial charge < -0.3 is 9.94 Å². The van der Waals surface area contributed by atoms with Gasteiger partial charge in [-0.15, -0.1) is 0 Å². The second kappa shape index (κ2) is 4.63. The number of oxime groups is 1. The van der Waals surface area contributed by atoms with Crippen LogP contribution in [0.4, 0.5) is 0 Å². The molecule has 1 heterocycles. The summed E-state index contributed by atoms with van der Waals surface area (Å²) in [6.07, 6.45) is -1.14. The third-order valence-electron chi connectivity index (χ3n) is 3.03. The van der Waals surface area contributed by atoms with Crippen molar-refractivity contribution < 1.29 is 9.94 Å². The molecule has 0 radical (unpaired) electrons. The van der Waals surface area contributed by atoms with Crippen molar-refractivity contribution in [2.75, 3.05) is 0 Å². The number of benzene rings is 2. The van der Waals surface area contributed by atoms with Crippen molar-refractivity contribution in [3.8, 4) is 0 Å². The molecule has 3 rings (SSSR count). The molecule has 0 fully saturated rings. The molecule has 0 aliphatic carbocycles. The molecule has 0 unspecified atom stereocenters. The topological polar surface area (TPSA) is 41.8 Å². The van der Waals surface area contributed by atoms with Gasteiger partial charge in [-0.1, -0.05) is 65.8 Å². The Kier molecular flexibility index (Phi) is 2.82. The average molecular weight is 239 g/mol. The summed E-state index contributed by atoms with van der Waals surface area (Å²) in [5.41, 5.74) is 2.41. The molecule has 0 amide bonds. The Bertz CT molecular complexity index is 551. The van der Waals surface area contributed by atoms with Gasteiger partial charge in [-0.25, -0.2) is 0 Å². The molecule has 3 nitrogen and oxygen atoms in total. The molecule has 90 valence electrons. The quantitative estimate of drug-likeness (QED) is 0.875. The second-order valence-electron chi connectivity index (χ2n) is 4.22. The first-order valence-electron chi connectivity index (χ1n) is 5.88. The van der Waals surface area contributed by atoms with Crippen molar-refractivity contribution in [1.82, 2.24) is 0 Å². The number of nitrogens with zero attached hydrogens (tertiary/aromatic N) is 1. The van der Waals surface area contributed by atoms with Crippen molar-refractivity contribution >= 4 is 5.71 Å².